The summed E-state index contributed by atoms with van der Waals surface area (Å²) in [6.45, 7) is 9.47. The van der Waals surface area contributed by atoms with E-state index in [1.54, 1.807) is 11.8 Å². The molecule has 1 rings (SSSR count). The van der Waals surface area contributed by atoms with E-state index in [0.717, 1.165) is 32.4 Å². The van der Waals surface area contributed by atoms with Crippen LogP contribution in [-0.4, -0.2) is 65.0 Å². The Kier molecular flexibility index (Phi) is 8.00. The average molecular weight is 333 g/mol. The molecule has 1 amide bonds. The number of carbonyl (C=O) groups excluding carboxylic acids is 1. The lowest BCUT2D eigenvalue weighted by molar-refractivity contribution is 0.0256. The normalized spacial score (nSPS) is 22.8. The molecule has 22 heavy (non-hydrogen) atoms. The Hall–Kier alpha value is -0.460. The molecule has 130 valence electrons. The molecular formula is C16H32N2O3S. The zero-order valence-corrected chi connectivity index (χ0v) is 15.4. The number of hydrogen-bond acceptors (Lipinski definition) is 5. The van der Waals surface area contributed by atoms with Crippen molar-refractivity contribution >= 4 is 17.9 Å². The zero-order chi connectivity index (χ0) is 16.8. The number of rotatable bonds is 5. The van der Waals surface area contributed by atoms with E-state index in [4.69, 9.17) is 4.74 Å². The van der Waals surface area contributed by atoms with Crippen molar-refractivity contribution in [2.45, 2.75) is 69.9 Å². The summed E-state index contributed by atoms with van der Waals surface area (Å²) in [7, 11) is 0. The number of aliphatic hydroxyl groups excluding tert-OH is 1. The second kappa shape index (κ2) is 8.99. The quantitative estimate of drug-likeness (QED) is 0.810. The van der Waals surface area contributed by atoms with E-state index in [1.165, 1.54) is 0 Å². The van der Waals surface area contributed by atoms with Crippen LogP contribution in [0.4, 0.5) is 4.79 Å². The predicted molar refractivity (Wildman–Crippen MR) is 92.4 cm³/mol. The highest BCUT2D eigenvalue weighted by Gasteiger charge is 2.26. The van der Waals surface area contributed by atoms with Crippen molar-refractivity contribution in [3.8, 4) is 0 Å². The van der Waals surface area contributed by atoms with Gasteiger partial charge in [0.1, 0.15) is 5.60 Å². The van der Waals surface area contributed by atoms with Gasteiger partial charge in [-0.05, 0) is 53.2 Å². The van der Waals surface area contributed by atoms with E-state index in [2.05, 4.69) is 12.2 Å². The van der Waals surface area contributed by atoms with Gasteiger partial charge in [-0.1, -0.05) is 0 Å². The molecule has 0 bridgehead atoms. The summed E-state index contributed by atoms with van der Waals surface area (Å²) in [6, 6.07) is 0.654. The van der Waals surface area contributed by atoms with Gasteiger partial charge in [-0.25, -0.2) is 4.79 Å². The van der Waals surface area contributed by atoms with Crippen LogP contribution in [-0.2, 0) is 4.74 Å². The summed E-state index contributed by atoms with van der Waals surface area (Å²) < 4.78 is 5.45. The molecule has 6 heteroatoms. The van der Waals surface area contributed by atoms with E-state index in [1.807, 2.05) is 31.9 Å². The Morgan fingerprint density at radius 2 is 2.09 bits per heavy atom. The van der Waals surface area contributed by atoms with Gasteiger partial charge in [0, 0.05) is 30.4 Å². The number of nitrogens with zero attached hydrogens (tertiary/aromatic N) is 1. The summed E-state index contributed by atoms with van der Waals surface area (Å²) in [6.07, 6.45) is 4.77. The highest BCUT2D eigenvalue weighted by atomic mass is 32.2. The van der Waals surface area contributed by atoms with Gasteiger partial charge in [0.05, 0.1) is 6.61 Å². The molecule has 3 unspecified atom stereocenters. The number of hydrogen-bond donors (Lipinski definition) is 2. The summed E-state index contributed by atoms with van der Waals surface area (Å²) in [4.78, 5) is 14.0. The molecule has 0 saturated carbocycles. The smallest absolute Gasteiger partial charge is 0.410 e. The summed E-state index contributed by atoms with van der Waals surface area (Å²) in [5.74, 6) is 0. The molecule has 1 saturated heterocycles. The van der Waals surface area contributed by atoms with Crippen molar-refractivity contribution in [3.63, 3.8) is 0 Å². The van der Waals surface area contributed by atoms with Crippen molar-refractivity contribution in [1.29, 1.82) is 0 Å². The van der Waals surface area contributed by atoms with Crippen LogP contribution < -0.4 is 5.32 Å². The summed E-state index contributed by atoms with van der Waals surface area (Å²) in [5, 5.41) is 13.2. The minimum absolute atomic E-state index is 0.187. The van der Waals surface area contributed by atoms with Gasteiger partial charge in [0.25, 0.3) is 0 Å². The monoisotopic (exact) mass is 332 g/mol. The summed E-state index contributed by atoms with van der Waals surface area (Å²) >= 11 is 1.69. The topological polar surface area (TPSA) is 61.8 Å². The van der Waals surface area contributed by atoms with Crippen molar-refractivity contribution in [2.24, 2.45) is 0 Å². The molecule has 1 fully saturated rings. The Morgan fingerprint density at radius 1 is 1.41 bits per heavy atom. The van der Waals surface area contributed by atoms with Crippen LogP contribution in [0.3, 0.4) is 0 Å². The van der Waals surface area contributed by atoms with Crippen LogP contribution in [0.1, 0.15) is 47.0 Å². The minimum atomic E-state index is -0.442. The van der Waals surface area contributed by atoms with Crippen molar-refractivity contribution in [2.75, 3.05) is 26.0 Å². The molecule has 1 aliphatic rings. The van der Waals surface area contributed by atoms with E-state index >= 15 is 0 Å². The highest BCUT2D eigenvalue weighted by molar-refractivity contribution is 7.99. The van der Waals surface area contributed by atoms with E-state index in [-0.39, 0.29) is 24.0 Å². The second-order valence-corrected chi connectivity index (χ2v) is 8.08. The fraction of sp³-hybridized carbons (Fsp3) is 0.938. The molecule has 0 aromatic rings. The Bertz CT molecular complexity index is 343. The molecular weight excluding hydrogens is 300 g/mol. The number of likely N-dealkylation sites (tertiary alicyclic amines) is 1. The summed E-state index contributed by atoms with van der Waals surface area (Å²) in [5.41, 5.74) is -0.442. The minimum Gasteiger partial charge on any atom is -0.444 e. The zero-order valence-electron chi connectivity index (χ0n) is 14.6. The molecule has 1 aliphatic heterocycles. The van der Waals surface area contributed by atoms with Gasteiger partial charge in [0.15, 0.2) is 0 Å². The number of carbonyl (C=O) groups is 1. The van der Waals surface area contributed by atoms with Crippen LogP contribution in [0.2, 0.25) is 0 Å². The molecule has 3 atom stereocenters. The lowest BCUT2D eigenvalue weighted by atomic mass is 10.1. The van der Waals surface area contributed by atoms with Crippen molar-refractivity contribution < 1.29 is 14.6 Å². The van der Waals surface area contributed by atoms with Gasteiger partial charge in [-0.3, -0.25) is 0 Å². The number of aliphatic hydroxyl groups is 1. The molecule has 5 nitrogen and oxygen atoms in total. The molecule has 2 N–H and O–H groups in total. The van der Waals surface area contributed by atoms with Gasteiger partial charge >= 0.3 is 6.09 Å². The molecule has 0 spiro atoms. The standard InChI is InChI=1S/C16H32N2O3S/c1-12(14(11-19)22-5)17-13-7-6-9-18(10-8-13)15(20)21-16(2,3)4/h12-14,17,19H,6-11H2,1-5H3. The molecule has 0 radical (unpaired) electrons. The largest absolute Gasteiger partial charge is 0.444 e. The van der Waals surface area contributed by atoms with Gasteiger partial charge in [-0.2, -0.15) is 11.8 Å². The van der Waals surface area contributed by atoms with Gasteiger partial charge in [0.2, 0.25) is 0 Å². The first-order valence-corrected chi connectivity index (χ1v) is 9.43. The van der Waals surface area contributed by atoms with Gasteiger partial charge < -0.3 is 20.1 Å². The second-order valence-electron chi connectivity index (χ2n) is 7.01. The predicted octanol–water partition coefficient (Wildman–Crippen LogP) is 2.48. The maximum atomic E-state index is 12.1. The van der Waals surface area contributed by atoms with Crippen LogP contribution in [0.15, 0.2) is 0 Å². The van der Waals surface area contributed by atoms with Crippen LogP contribution in [0.5, 0.6) is 0 Å². The van der Waals surface area contributed by atoms with Crippen molar-refractivity contribution in [3.05, 3.63) is 0 Å². The molecule has 1 heterocycles. The Balaban J connectivity index is 2.47. The van der Waals surface area contributed by atoms with Crippen LogP contribution in [0.25, 0.3) is 0 Å². The third kappa shape index (κ3) is 6.75. The van der Waals surface area contributed by atoms with Crippen LogP contribution >= 0.6 is 11.8 Å². The van der Waals surface area contributed by atoms with E-state index in [9.17, 15) is 9.90 Å². The first-order chi connectivity index (χ1) is 10.3. The number of ether oxygens (including phenoxy) is 1. The average Bonchev–Trinajstić information content (AvgIpc) is 2.64. The fourth-order valence-electron chi connectivity index (χ4n) is 2.69. The maximum Gasteiger partial charge on any atom is 0.410 e. The first-order valence-electron chi connectivity index (χ1n) is 8.14. The third-order valence-corrected chi connectivity index (χ3v) is 5.08. The van der Waals surface area contributed by atoms with Crippen molar-refractivity contribution in [1.82, 2.24) is 10.2 Å². The maximum absolute atomic E-state index is 12.1. The molecule has 0 aliphatic carbocycles. The van der Waals surface area contributed by atoms with E-state index in [0.29, 0.717) is 6.04 Å². The molecule has 0 aromatic carbocycles. The fourth-order valence-corrected chi connectivity index (χ4v) is 3.32. The van der Waals surface area contributed by atoms with E-state index < -0.39 is 5.60 Å². The lowest BCUT2D eigenvalue weighted by Gasteiger charge is -2.28. The lowest BCUT2D eigenvalue weighted by Crippen LogP contribution is -2.44. The Morgan fingerprint density at radius 3 is 2.64 bits per heavy atom. The first kappa shape index (κ1) is 19.6. The number of amides is 1. The molecule has 0 aromatic heterocycles. The SMILES string of the molecule is CSC(CO)C(C)NC1CCCN(C(=O)OC(C)(C)C)CC1. The highest BCUT2D eigenvalue weighted by Crippen LogP contribution is 2.18. The Labute approximate surface area is 139 Å². The third-order valence-electron chi connectivity index (χ3n) is 3.92. The number of thioether (sulfide) groups is 1. The van der Waals surface area contributed by atoms with Gasteiger partial charge in [-0.15, -0.1) is 0 Å². The van der Waals surface area contributed by atoms with Crippen LogP contribution in [0, 0.1) is 0 Å². The number of nitrogens with one attached hydrogen (secondary N) is 1.